The molecule has 1 unspecified atom stereocenters. The van der Waals surface area contributed by atoms with Gasteiger partial charge in [-0.25, -0.2) is 0 Å². The predicted octanol–water partition coefficient (Wildman–Crippen LogP) is 3.51. The summed E-state index contributed by atoms with van der Waals surface area (Å²) in [5.41, 5.74) is 3.64. The third-order valence-electron chi connectivity index (χ3n) is 4.15. The quantitative estimate of drug-likeness (QED) is 0.937. The molecule has 0 radical (unpaired) electrons. The first-order valence-electron chi connectivity index (χ1n) is 7.34. The molecule has 1 amide bonds. The van der Waals surface area contributed by atoms with Gasteiger partial charge in [0.25, 0.3) is 0 Å². The van der Waals surface area contributed by atoms with Gasteiger partial charge in [-0.1, -0.05) is 25.1 Å². The predicted molar refractivity (Wildman–Crippen MR) is 87.7 cm³/mol. The Labute approximate surface area is 129 Å². The SMILES string of the molecule is CCc1ccsc1CNC1CC(=O)N(C)c2ccccc21. The van der Waals surface area contributed by atoms with Gasteiger partial charge in [0.1, 0.15) is 0 Å². The van der Waals surface area contributed by atoms with E-state index in [9.17, 15) is 4.79 Å². The smallest absolute Gasteiger partial charge is 0.228 e. The van der Waals surface area contributed by atoms with E-state index in [2.05, 4.69) is 29.8 Å². The van der Waals surface area contributed by atoms with Gasteiger partial charge in [-0.2, -0.15) is 0 Å². The van der Waals surface area contributed by atoms with E-state index < -0.39 is 0 Å². The molecular formula is C17H20N2OS. The highest BCUT2D eigenvalue weighted by Gasteiger charge is 2.28. The first kappa shape index (κ1) is 14.3. The number of rotatable bonds is 4. The molecule has 2 heterocycles. The fourth-order valence-corrected chi connectivity index (χ4v) is 3.81. The Hall–Kier alpha value is -1.65. The normalized spacial score (nSPS) is 17.9. The first-order valence-corrected chi connectivity index (χ1v) is 8.22. The van der Waals surface area contributed by atoms with Gasteiger partial charge in [-0.3, -0.25) is 4.79 Å². The van der Waals surface area contributed by atoms with Gasteiger partial charge in [-0.05, 0) is 35.1 Å². The summed E-state index contributed by atoms with van der Waals surface area (Å²) in [5.74, 6) is 0.174. The molecule has 3 rings (SSSR count). The maximum atomic E-state index is 12.1. The van der Waals surface area contributed by atoms with Crippen molar-refractivity contribution >= 4 is 22.9 Å². The van der Waals surface area contributed by atoms with Gasteiger partial charge in [0, 0.05) is 36.6 Å². The second-order valence-electron chi connectivity index (χ2n) is 5.37. The molecule has 0 saturated heterocycles. The van der Waals surface area contributed by atoms with Gasteiger partial charge in [-0.15, -0.1) is 11.3 Å². The van der Waals surface area contributed by atoms with Crippen LogP contribution in [-0.2, 0) is 17.8 Å². The van der Waals surface area contributed by atoms with Gasteiger partial charge >= 0.3 is 0 Å². The number of carbonyl (C=O) groups is 1. The number of amides is 1. The molecule has 21 heavy (non-hydrogen) atoms. The monoisotopic (exact) mass is 300 g/mol. The van der Waals surface area contributed by atoms with Crippen LogP contribution >= 0.6 is 11.3 Å². The van der Waals surface area contributed by atoms with Crippen molar-refractivity contribution in [3.8, 4) is 0 Å². The number of aryl methyl sites for hydroxylation is 1. The summed E-state index contributed by atoms with van der Waals surface area (Å²) in [7, 11) is 1.85. The first-order chi connectivity index (χ1) is 10.2. The molecule has 110 valence electrons. The third kappa shape index (κ3) is 2.74. The standard InChI is InChI=1S/C17H20N2OS/c1-3-12-8-9-21-16(12)11-18-14-10-17(20)19(2)15-7-5-4-6-13(14)15/h4-9,14,18H,3,10-11H2,1-2H3. The Kier molecular flexibility index (Phi) is 4.08. The number of nitrogens with one attached hydrogen (secondary N) is 1. The van der Waals surface area contributed by atoms with E-state index in [-0.39, 0.29) is 11.9 Å². The summed E-state index contributed by atoms with van der Waals surface area (Å²) in [4.78, 5) is 15.3. The van der Waals surface area contributed by atoms with Crippen LogP contribution in [-0.4, -0.2) is 13.0 Å². The van der Waals surface area contributed by atoms with E-state index >= 15 is 0 Å². The van der Waals surface area contributed by atoms with Crippen LogP contribution < -0.4 is 10.2 Å². The number of nitrogens with zero attached hydrogens (tertiary/aromatic N) is 1. The van der Waals surface area contributed by atoms with E-state index in [4.69, 9.17) is 0 Å². The van der Waals surface area contributed by atoms with Crippen LogP contribution in [0.5, 0.6) is 0 Å². The van der Waals surface area contributed by atoms with E-state index in [1.54, 1.807) is 16.2 Å². The number of thiophene rings is 1. The topological polar surface area (TPSA) is 32.3 Å². The van der Waals surface area contributed by atoms with Crippen molar-refractivity contribution < 1.29 is 4.79 Å². The fourth-order valence-electron chi connectivity index (χ4n) is 2.88. The minimum Gasteiger partial charge on any atom is -0.315 e. The lowest BCUT2D eigenvalue weighted by atomic mass is 9.96. The Balaban J connectivity index is 1.80. The maximum absolute atomic E-state index is 12.1. The lowest BCUT2D eigenvalue weighted by Crippen LogP contribution is -2.37. The molecule has 4 heteroatoms. The lowest BCUT2D eigenvalue weighted by Gasteiger charge is -2.32. The highest BCUT2D eigenvalue weighted by atomic mass is 32.1. The van der Waals surface area contributed by atoms with Crippen LogP contribution in [0.2, 0.25) is 0 Å². The zero-order valence-corrected chi connectivity index (χ0v) is 13.2. The van der Waals surface area contributed by atoms with Gasteiger partial charge in [0.05, 0.1) is 0 Å². The number of carbonyl (C=O) groups excluding carboxylic acids is 1. The molecule has 1 aliphatic heterocycles. The van der Waals surface area contributed by atoms with Crippen molar-refractivity contribution in [2.45, 2.75) is 32.4 Å². The third-order valence-corrected chi connectivity index (χ3v) is 5.12. The second kappa shape index (κ2) is 6.00. The van der Waals surface area contributed by atoms with Crippen LogP contribution in [0.3, 0.4) is 0 Å². The highest BCUT2D eigenvalue weighted by Crippen LogP contribution is 2.33. The number of fused-ring (bicyclic) bond motifs is 1. The number of hydrogen-bond donors (Lipinski definition) is 1. The lowest BCUT2D eigenvalue weighted by molar-refractivity contribution is -0.119. The van der Waals surface area contributed by atoms with Crippen LogP contribution in [0.1, 0.15) is 35.4 Å². The van der Waals surface area contributed by atoms with E-state index in [0.29, 0.717) is 6.42 Å². The van der Waals surface area contributed by atoms with Crippen molar-refractivity contribution in [2.75, 3.05) is 11.9 Å². The number of para-hydroxylation sites is 1. The summed E-state index contributed by atoms with van der Waals surface area (Å²) < 4.78 is 0. The van der Waals surface area contributed by atoms with Gasteiger partial charge in [0.15, 0.2) is 0 Å². The number of benzene rings is 1. The molecule has 1 N–H and O–H groups in total. The van der Waals surface area contributed by atoms with Crippen molar-refractivity contribution in [2.24, 2.45) is 0 Å². The van der Waals surface area contributed by atoms with Gasteiger partial charge in [0.2, 0.25) is 5.91 Å². The average Bonchev–Trinajstić information content (AvgIpc) is 2.97. The summed E-state index contributed by atoms with van der Waals surface area (Å²) in [5, 5.41) is 5.71. The highest BCUT2D eigenvalue weighted by molar-refractivity contribution is 7.10. The minimum atomic E-state index is 0.108. The summed E-state index contributed by atoms with van der Waals surface area (Å²) in [6.45, 7) is 3.01. The summed E-state index contributed by atoms with van der Waals surface area (Å²) in [6.07, 6.45) is 1.59. The summed E-state index contributed by atoms with van der Waals surface area (Å²) in [6, 6.07) is 10.5. The van der Waals surface area contributed by atoms with Crippen molar-refractivity contribution in [3.05, 3.63) is 51.7 Å². The van der Waals surface area contributed by atoms with Crippen LogP contribution in [0.25, 0.3) is 0 Å². The Bertz CT molecular complexity index is 650. The number of anilines is 1. The fraction of sp³-hybridized carbons (Fsp3) is 0.353. The molecule has 0 spiro atoms. The van der Waals surface area contributed by atoms with Crippen LogP contribution in [0.4, 0.5) is 5.69 Å². The Morgan fingerprint density at radius 1 is 1.33 bits per heavy atom. The van der Waals surface area contributed by atoms with Gasteiger partial charge < -0.3 is 10.2 Å². The zero-order valence-electron chi connectivity index (χ0n) is 12.4. The molecule has 1 atom stereocenters. The van der Waals surface area contributed by atoms with Crippen LogP contribution in [0.15, 0.2) is 35.7 Å². The molecular weight excluding hydrogens is 280 g/mol. The molecule has 0 aliphatic carbocycles. The molecule has 1 aromatic carbocycles. The molecule has 0 fully saturated rings. The largest absolute Gasteiger partial charge is 0.315 e. The van der Waals surface area contributed by atoms with Crippen LogP contribution in [0, 0.1) is 0 Å². The molecule has 1 aromatic heterocycles. The van der Waals surface area contributed by atoms with E-state index in [1.165, 1.54) is 16.0 Å². The van der Waals surface area contributed by atoms with Crippen molar-refractivity contribution in [1.29, 1.82) is 0 Å². The van der Waals surface area contributed by atoms with Crippen molar-refractivity contribution in [1.82, 2.24) is 5.32 Å². The number of hydrogen-bond acceptors (Lipinski definition) is 3. The summed E-state index contributed by atoms with van der Waals surface area (Å²) >= 11 is 1.79. The maximum Gasteiger partial charge on any atom is 0.228 e. The zero-order chi connectivity index (χ0) is 14.8. The molecule has 2 aromatic rings. The minimum absolute atomic E-state index is 0.108. The van der Waals surface area contributed by atoms with E-state index in [1.807, 2.05) is 25.2 Å². The Morgan fingerprint density at radius 3 is 2.95 bits per heavy atom. The van der Waals surface area contributed by atoms with Crippen molar-refractivity contribution in [3.63, 3.8) is 0 Å². The molecule has 3 nitrogen and oxygen atoms in total. The molecule has 0 bridgehead atoms. The molecule has 0 saturated carbocycles. The van der Waals surface area contributed by atoms with E-state index in [0.717, 1.165) is 18.7 Å². The second-order valence-corrected chi connectivity index (χ2v) is 6.37. The average molecular weight is 300 g/mol. The molecule has 1 aliphatic rings. The Morgan fingerprint density at radius 2 is 2.14 bits per heavy atom.